The largest absolute Gasteiger partial charge is 0.321 e. The average Bonchev–Trinajstić information content (AvgIpc) is 2.67. The van der Waals surface area contributed by atoms with E-state index in [0.717, 1.165) is 22.4 Å². The number of hydrogen-bond acceptors (Lipinski definition) is 1. The fraction of sp³-hybridized carbons (Fsp3) is 0.345. The fourth-order valence-electron chi connectivity index (χ4n) is 3.68. The number of hydrogen-bond donors (Lipinski definition) is 1. The molecule has 0 fully saturated rings. The van der Waals surface area contributed by atoms with E-state index in [1.807, 2.05) is 31.2 Å². The molecule has 0 aromatic heterocycles. The molecule has 0 aliphatic heterocycles. The molecule has 3 aromatic carbocycles. The minimum atomic E-state index is -0.0868. The highest BCUT2D eigenvalue weighted by atomic mass is 16.1. The molecule has 0 unspecified atom stereocenters. The third-order valence-electron chi connectivity index (χ3n) is 5.83. The third-order valence-corrected chi connectivity index (χ3v) is 5.83. The molecule has 3 rings (SSSR count). The number of nitrogens with one attached hydrogen (secondary N) is 1. The Kier molecular flexibility index (Phi) is 6.14. The highest BCUT2D eigenvalue weighted by molar-refractivity contribution is 6.06. The van der Waals surface area contributed by atoms with Crippen LogP contribution < -0.4 is 5.32 Å². The van der Waals surface area contributed by atoms with E-state index < -0.39 is 0 Å². The number of rotatable bonds is 3. The van der Waals surface area contributed by atoms with Gasteiger partial charge in [0.15, 0.2) is 0 Å². The monoisotopic (exact) mass is 413 g/mol. The van der Waals surface area contributed by atoms with Crippen LogP contribution in [-0.2, 0) is 10.8 Å². The highest BCUT2D eigenvalue weighted by Gasteiger charge is 2.20. The predicted molar refractivity (Wildman–Crippen MR) is 133 cm³/mol. The second-order valence-corrected chi connectivity index (χ2v) is 10.6. The van der Waals surface area contributed by atoms with E-state index >= 15 is 0 Å². The van der Waals surface area contributed by atoms with Crippen molar-refractivity contribution in [3.63, 3.8) is 0 Å². The average molecular weight is 414 g/mol. The van der Waals surface area contributed by atoms with Crippen LogP contribution in [0.1, 0.15) is 74.2 Å². The predicted octanol–water partition coefficient (Wildman–Crippen LogP) is 7.82. The Bertz CT molecular complexity index is 1090. The van der Waals surface area contributed by atoms with Crippen molar-refractivity contribution < 1.29 is 4.79 Å². The van der Waals surface area contributed by atoms with E-state index in [1.54, 1.807) is 0 Å². The van der Waals surface area contributed by atoms with E-state index in [2.05, 4.69) is 90.2 Å². The van der Waals surface area contributed by atoms with Crippen LogP contribution in [0.3, 0.4) is 0 Å². The quantitative estimate of drug-likeness (QED) is 0.466. The first-order valence-electron chi connectivity index (χ1n) is 11.0. The first-order valence-corrected chi connectivity index (χ1v) is 11.0. The second kappa shape index (κ2) is 8.34. The molecule has 0 aliphatic rings. The van der Waals surface area contributed by atoms with E-state index in [1.165, 1.54) is 16.7 Å². The summed E-state index contributed by atoms with van der Waals surface area (Å²) in [6.07, 6.45) is 0. The molecule has 2 heteroatoms. The van der Waals surface area contributed by atoms with Gasteiger partial charge in [0.2, 0.25) is 0 Å². The summed E-state index contributed by atoms with van der Waals surface area (Å²) in [6, 6.07) is 20.8. The molecule has 0 radical (unpaired) electrons. The van der Waals surface area contributed by atoms with E-state index in [-0.39, 0.29) is 16.7 Å². The van der Waals surface area contributed by atoms with Crippen molar-refractivity contribution in [3.05, 3.63) is 88.5 Å². The molecular weight excluding hydrogens is 378 g/mol. The maximum absolute atomic E-state index is 13.0. The fourth-order valence-corrected chi connectivity index (χ4v) is 3.68. The zero-order valence-electron chi connectivity index (χ0n) is 20.2. The Morgan fingerprint density at radius 2 is 1.19 bits per heavy atom. The molecule has 0 bridgehead atoms. The van der Waals surface area contributed by atoms with Gasteiger partial charge in [-0.3, -0.25) is 4.79 Å². The van der Waals surface area contributed by atoms with Gasteiger partial charge in [-0.15, -0.1) is 0 Å². The first-order chi connectivity index (χ1) is 14.4. The molecule has 1 amide bonds. The van der Waals surface area contributed by atoms with Gasteiger partial charge in [0.1, 0.15) is 0 Å². The lowest BCUT2D eigenvalue weighted by Crippen LogP contribution is -2.16. The molecule has 0 saturated carbocycles. The Morgan fingerprint density at radius 3 is 1.71 bits per heavy atom. The molecule has 31 heavy (non-hydrogen) atoms. The summed E-state index contributed by atoms with van der Waals surface area (Å²) in [5.74, 6) is -0.0868. The smallest absolute Gasteiger partial charge is 0.255 e. The van der Waals surface area contributed by atoms with Gasteiger partial charge in [0.05, 0.1) is 0 Å². The number of anilines is 1. The number of benzene rings is 3. The summed E-state index contributed by atoms with van der Waals surface area (Å²) >= 11 is 0. The van der Waals surface area contributed by atoms with Crippen molar-refractivity contribution >= 4 is 11.6 Å². The molecule has 0 heterocycles. The molecular formula is C29H35NO. The van der Waals surface area contributed by atoms with Gasteiger partial charge in [-0.2, -0.15) is 0 Å². The zero-order valence-corrected chi connectivity index (χ0v) is 20.2. The summed E-state index contributed by atoms with van der Waals surface area (Å²) < 4.78 is 0. The van der Waals surface area contributed by atoms with Crippen LogP contribution in [0.25, 0.3) is 11.1 Å². The molecule has 2 nitrogen and oxygen atoms in total. The minimum absolute atomic E-state index is 0.00694. The molecule has 1 N–H and O–H groups in total. The summed E-state index contributed by atoms with van der Waals surface area (Å²) in [5.41, 5.74) is 8.66. The Morgan fingerprint density at radius 1 is 0.677 bits per heavy atom. The van der Waals surface area contributed by atoms with E-state index in [4.69, 9.17) is 0 Å². The number of amides is 1. The van der Waals surface area contributed by atoms with E-state index in [0.29, 0.717) is 5.56 Å². The van der Waals surface area contributed by atoms with Crippen molar-refractivity contribution in [3.8, 4) is 11.1 Å². The van der Waals surface area contributed by atoms with Gasteiger partial charge < -0.3 is 5.32 Å². The Balaban J connectivity index is 2.08. The normalized spacial score (nSPS) is 12.0. The zero-order chi connectivity index (χ0) is 23.0. The lowest BCUT2D eigenvalue weighted by molar-refractivity contribution is 0.102. The summed E-state index contributed by atoms with van der Waals surface area (Å²) in [7, 11) is 0. The van der Waals surface area contributed by atoms with Gasteiger partial charge in [-0.25, -0.2) is 0 Å². The number of carbonyl (C=O) groups is 1. The summed E-state index contributed by atoms with van der Waals surface area (Å²) in [4.78, 5) is 13.0. The standard InChI is InChI=1S/C29H35NO/c1-19-9-11-21(12-10-19)27(31)30-26-18-23(29(6,7)8)14-16-25(26)24-15-13-22(17-20(24)2)28(3,4)5/h9-18H,1-8H3,(H,30,31). The molecule has 0 spiro atoms. The summed E-state index contributed by atoms with van der Waals surface area (Å²) in [5, 5.41) is 3.19. The maximum Gasteiger partial charge on any atom is 0.255 e. The van der Waals surface area contributed by atoms with Crippen LogP contribution in [0.4, 0.5) is 5.69 Å². The number of aryl methyl sites for hydroxylation is 2. The van der Waals surface area contributed by atoms with Crippen molar-refractivity contribution in [2.75, 3.05) is 5.32 Å². The Hall–Kier alpha value is -2.87. The molecule has 3 aromatic rings. The van der Waals surface area contributed by atoms with E-state index in [9.17, 15) is 4.79 Å². The van der Waals surface area contributed by atoms with Gasteiger partial charge in [-0.1, -0.05) is 89.6 Å². The lowest BCUT2D eigenvalue weighted by Gasteiger charge is -2.24. The highest BCUT2D eigenvalue weighted by Crippen LogP contribution is 2.36. The lowest BCUT2D eigenvalue weighted by atomic mass is 9.83. The Labute approximate surface area is 187 Å². The third kappa shape index (κ3) is 5.25. The molecule has 0 saturated heterocycles. The van der Waals surface area contributed by atoms with Crippen LogP contribution in [0.2, 0.25) is 0 Å². The van der Waals surface area contributed by atoms with Gasteiger partial charge in [0, 0.05) is 16.8 Å². The molecule has 0 aliphatic carbocycles. The van der Waals surface area contributed by atoms with Gasteiger partial charge in [0.25, 0.3) is 5.91 Å². The van der Waals surface area contributed by atoms with Crippen LogP contribution in [-0.4, -0.2) is 5.91 Å². The first kappa shape index (κ1) is 22.8. The van der Waals surface area contributed by atoms with Crippen molar-refractivity contribution in [1.82, 2.24) is 0 Å². The molecule has 162 valence electrons. The van der Waals surface area contributed by atoms with Crippen LogP contribution >= 0.6 is 0 Å². The minimum Gasteiger partial charge on any atom is -0.321 e. The second-order valence-electron chi connectivity index (χ2n) is 10.6. The number of carbonyl (C=O) groups excluding carboxylic acids is 1. The maximum atomic E-state index is 13.0. The summed E-state index contributed by atoms with van der Waals surface area (Å²) in [6.45, 7) is 17.4. The van der Waals surface area contributed by atoms with Crippen molar-refractivity contribution in [2.45, 2.75) is 66.2 Å². The van der Waals surface area contributed by atoms with Crippen LogP contribution in [0.5, 0.6) is 0 Å². The van der Waals surface area contributed by atoms with Crippen LogP contribution in [0, 0.1) is 13.8 Å². The van der Waals surface area contributed by atoms with Crippen molar-refractivity contribution in [2.24, 2.45) is 0 Å². The van der Waals surface area contributed by atoms with Crippen LogP contribution in [0.15, 0.2) is 60.7 Å². The molecule has 0 atom stereocenters. The SMILES string of the molecule is Cc1ccc(C(=O)Nc2cc(C(C)(C)C)ccc2-c2ccc(C(C)(C)C)cc2C)cc1. The van der Waals surface area contributed by atoms with Gasteiger partial charge >= 0.3 is 0 Å². The van der Waals surface area contributed by atoms with Gasteiger partial charge in [-0.05, 0) is 65.1 Å². The topological polar surface area (TPSA) is 29.1 Å². The van der Waals surface area contributed by atoms with Crippen molar-refractivity contribution in [1.29, 1.82) is 0 Å².